The Morgan fingerprint density at radius 1 is 1.07 bits per heavy atom. The lowest BCUT2D eigenvalue weighted by molar-refractivity contribution is -0.147. The maximum Gasteiger partial charge on any atom is 0.310 e. The molecule has 0 bridgehead atoms. The number of hydrogen-bond acceptors (Lipinski definition) is 6. The Bertz CT molecular complexity index is 712. The predicted molar refractivity (Wildman–Crippen MR) is 96.0 cm³/mol. The van der Waals surface area contributed by atoms with Crippen molar-refractivity contribution < 1.29 is 28.7 Å². The van der Waals surface area contributed by atoms with Crippen LogP contribution in [-0.2, 0) is 19.1 Å². The number of rotatable bonds is 8. The monoisotopic (exact) mass is 376 g/mol. The molecule has 8 nitrogen and oxygen atoms in total. The molecule has 1 heterocycles. The molecule has 2 atom stereocenters. The summed E-state index contributed by atoms with van der Waals surface area (Å²) < 4.78 is 9.74. The van der Waals surface area contributed by atoms with Crippen LogP contribution < -0.4 is 0 Å². The van der Waals surface area contributed by atoms with E-state index in [0.717, 1.165) is 4.90 Å². The van der Waals surface area contributed by atoms with Gasteiger partial charge in [-0.15, -0.1) is 0 Å². The number of carbonyl (C=O) groups is 4. The van der Waals surface area contributed by atoms with Crippen molar-refractivity contribution in [3.05, 3.63) is 35.4 Å². The van der Waals surface area contributed by atoms with Crippen molar-refractivity contribution in [3.8, 4) is 0 Å². The van der Waals surface area contributed by atoms with E-state index in [4.69, 9.17) is 9.47 Å². The lowest BCUT2D eigenvalue weighted by atomic mass is 10.1. The summed E-state index contributed by atoms with van der Waals surface area (Å²) in [5, 5.41) is 0. The van der Waals surface area contributed by atoms with E-state index in [9.17, 15) is 19.2 Å². The molecule has 0 spiro atoms. The van der Waals surface area contributed by atoms with Gasteiger partial charge in [0.25, 0.3) is 11.8 Å². The highest BCUT2D eigenvalue weighted by atomic mass is 16.5. The summed E-state index contributed by atoms with van der Waals surface area (Å²) in [5.74, 6) is -2.42. The number of esters is 1. The Kier molecular flexibility index (Phi) is 6.68. The fourth-order valence-corrected chi connectivity index (χ4v) is 3.03. The summed E-state index contributed by atoms with van der Waals surface area (Å²) in [7, 11) is 2.78. The number of methoxy groups -OCH3 is 2. The molecule has 1 aromatic carbocycles. The molecule has 0 radical (unpaired) electrons. The minimum Gasteiger partial charge on any atom is -0.469 e. The number of ether oxygens (including phenoxy) is 2. The number of benzene rings is 1. The number of hydrogen-bond donors (Lipinski definition) is 0. The lowest BCUT2D eigenvalue weighted by Gasteiger charge is -2.30. The first-order chi connectivity index (χ1) is 12.8. The van der Waals surface area contributed by atoms with Crippen molar-refractivity contribution in [3.63, 3.8) is 0 Å². The molecule has 0 N–H and O–H groups in total. The molecule has 8 heteroatoms. The topological polar surface area (TPSA) is 93.2 Å². The van der Waals surface area contributed by atoms with Crippen molar-refractivity contribution in [1.82, 2.24) is 9.80 Å². The number of imide groups is 1. The predicted octanol–water partition coefficient (Wildman–Crippen LogP) is 0.955. The van der Waals surface area contributed by atoms with Crippen LogP contribution in [0, 0.1) is 5.92 Å². The van der Waals surface area contributed by atoms with Crippen molar-refractivity contribution in [2.75, 3.05) is 33.9 Å². The third kappa shape index (κ3) is 4.16. The summed E-state index contributed by atoms with van der Waals surface area (Å²) in [6.45, 7) is 3.74. The molecule has 0 aliphatic carbocycles. The Morgan fingerprint density at radius 3 is 2.11 bits per heavy atom. The Morgan fingerprint density at radius 2 is 1.63 bits per heavy atom. The zero-order chi connectivity index (χ0) is 20.1. The van der Waals surface area contributed by atoms with E-state index in [2.05, 4.69) is 0 Å². The molecular formula is C19H24N2O6. The first-order valence-corrected chi connectivity index (χ1v) is 8.65. The van der Waals surface area contributed by atoms with Crippen LogP contribution in [0.25, 0.3) is 0 Å². The first kappa shape index (κ1) is 20.6. The third-order valence-corrected chi connectivity index (χ3v) is 4.54. The molecule has 2 rings (SSSR count). The largest absolute Gasteiger partial charge is 0.469 e. The standard InChI is InChI=1S/C19H24N2O6/c1-12(19(25)27-4)11-20(9-10-26-3)16(22)13(2)21-17(23)14-7-5-6-8-15(14)18(21)24/h5-8,12-13H,9-11H2,1-4H3. The average molecular weight is 376 g/mol. The van der Waals surface area contributed by atoms with Gasteiger partial charge in [0, 0.05) is 20.2 Å². The van der Waals surface area contributed by atoms with E-state index in [1.165, 1.54) is 26.0 Å². The SMILES string of the molecule is COCCN(CC(C)C(=O)OC)C(=O)C(C)N1C(=O)c2ccccc2C1=O. The van der Waals surface area contributed by atoms with Gasteiger partial charge in [0.2, 0.25) is 5.91 Å². The molecule has 1 aromatic rings. The molecule has 27 heavy (non-hydrogen) atoms. The van der Waals surface area contributed by atoms with Crippen LogP contribution in [0.2, 0.25) is 0 Å². The van der Waals surface area contributed by atoms with Gasteiger partial charge in [0.15, 0.2) is 0 Å². The van der Waals surface area contributed by atoms with Crippen molar-refractivity contribution in [2.24, 2.45) is 5.92 Å². The number of amides is 3. The van der Waals surface area contributed by atoms with Gasteiger partial charge in [-0.3, -0.25) is 24.1 Å². The Balaban J connectivity index is 2.20. The quantitative estimate of drug-likeness (QED) is 0.495. The van der Waals surface area contributed by atoms with Crippen LogP contribution in [-0.4, -0.2) is 73.4 Å². The van der Waals surface area contributed by atoms with E-state index in [1.54, 1.807) is 31.2 Å². The van der Waals surface area contributed by atoms with E-state index in [-0.39, 0.29) is 30.8 Å². The number of carbonyl (C=O) groups excluding carboxylic acids is 4. The fourth-order valence-electron chi connectivity index (χ4n) is 3.03. The maximum atomic E-state index is 13.0. The van der Waals surface area contributed by atoms with Gasteiger partial charge in [-0.2, -0.15) is 0 Å². The molecule has 3 amide bonds. The smallest absolute Gasteiger partial charge is 0.310 e. The summed E-state index contributed by atoms with van der Waals surface area (Å²) >= 11 is 0. The van der Waals surface area contributed by atoms with Gasteiger partial charge < -0.3 is 14.4 Å². The Labute approximate surface area is 158 Å². The van der Waals surface area contributed by atoms with E-state index in [0.29, 0.717) is 0 Å². The van der Waals surface area contributed by atoms with Crippen LogP contribution in [0.1, 0.15) is 34.6 Å². The number of fused-ring (bicyclic) bond motifs is 1. The molecule has 146 valence electrons. The molecule has 0 fully saturated rings. The normalized spacial score (nSPS) is 15.3. The van der Waals surface area contributed by atoms with Gasteiger partial charge in [-0.1, -0.05) is 19.1 Å². The van der Waals surface area contributed by atoms with Gasteiger partial charge in [-0.25, -0.2) is 0 Å². The second-order valence-corrected chi connectivity index (χ2v) is 6.40. The summed E-state index contributed by atoms with van der Waals surface area (Å²) in [6.07, 6.45) is 0. The van der Waals surface area contributed by atoms with Crippen LogP contribution in [0.4, 0.5) is 0 Å². The molecule has 1 aliphatic heterocycles. The van der Waals surface area contributed by atoms with Crippen LogP contribution >= 0.6 is 0 Å². The first-order valence-electron chi connectivity index (χ1n) is 8.65. The van der Waals surface area contributed by atoms with Crippen molar-refractivity contribution in [1.29, 1.82) is 0 Å². The zero-order valence-electron chi connectivity index (χ0n) is 15.9. The molecule has 2 unspecified atom stereocenters. The molecule has 0 aromatic heterocycles. The fraction of sp³-hybridized carbons (Fsp3) is 0.474. The van der Waals surface area contributed by atoms with Gasteiger partial charge in [0.05, 0.1) is 30.8 Å². The number of nitrogens with zero attached hydrogens (tertiary/aromatic N) is 2. The van der Waals surface area contributed by atoms with E-state index < -0.39 is 35.7 Å². The van der Waals surface area contributed by atoms with Crippen molar-refractivity contribution >= 4 is 23.7 Å². The highest BCUT2D eigenvalue weighted by molar-refractivity contribution is 6.22. The summed E-state index contributed by atoms with van der Waals surface area (Å²) in [5.41, 5.74) is 0.571. The van der Waals surface area contributed by atoms with Crippen LogP contribution in [0.15, 0.2) is 24.3 Å². The second-order valence-electron chi connectivity index (χ2n) is 6.40. The molecule has 0 saturated heterocycles. The van der Waals surface area contributed by atoms with Crippen molar-refractivity contribution in [2.45, 2.75) is 19.9 Å². The third-order valence-electron chi connectivity index (χ3n) is 4.54. The second kappa shape index (κ2) is 8.77. The highest BCUT2D eigenvalue weighted by Crippen LogP contribution is 2.25. The lowest BCUT2D eigenvalue weighted by Crippen LogP contribution is -2.51. The van der Waals surface area contributed by atoms with Gasteiger partial charge in [0.1, 0.15) is 6.04 Å². The average Bonchev–Trinajstić information content (AvgIpc) is 2.93. The van der Waals surface area contributed by atoms with Gasteiger partial charge >= 0.3 is 5.97 Å². The van der Waals surface area contributed by atoms with E-state index in [1.807, 2.05) is 0 Å². The molecule has 1 aliphatic rings. The zero-order valence-corrected chi connectivity index (χ0v) is 15.9. The summed E-state index contributed by atoms with van der Waals surface area (Å²) in [4.78, 5) is 52.3. The highest BCUT2D eigenvalue weighted by Gasteiger charge is 2.42. The molecule has 0 saturated carbocycles. The minimum atomic E-state index is -1.00. The Hall–Kier alpha value is -2.74. The van der Waals surface area contributed by atoms with Gasteiger partial charge in [-0.05, 0) is 19.1 Å². The van der Waals surface area contributed by atoms with Crippen LogP contribution in [0.5, 0.6) is 0 Å². The molecular weight excluding hydrogens is 352 g/mol. The minimum absolute atomic E-state index is 0.0996. The maximum absolute atomic E-state index is 13.0. The summed E-state index contributed by atoms with van der Waals surface area (Å²) in [6, 6.07) is 5.47. The van der Waals surface area contributed by atoms with Crippen LogP contribution in [0.3, 0.4) is 0 Å². The van der Waals surface area contributed by atoms with E-state index >= 15 is 0 Å².